The fourth-order valence-corrected chi connectivity index (χ4v) is 4.35. The van der Waals surface area contributed by atoms with E-state index in [1.54, 1.807) is 12.1 Å². The minimum atomic E-state index is 0.449. The molecule has 0 bridgehead atoms. The Morgan fingerprint density at radius 1 is 1.08 bits per heavy atom. The van der Waals surface area contributed by atoms with Crippen LogP contribution in [-0.2, 0) is 6.54 Å². The lowest BCUT2D eigenvalue weighted by atomic mass is 10.0. The zero-order valence-electron chi connectivity index (χ0n) is 14.1. The summed E-state index contributed by atoms with van der Waals surface area (Å²) in [5, 5.41) is 9.48. The number of aromatic nitrogens is 2. The SMILES string of the molecule is Clc1ccc(-c2nnc(CN3CCCC(N4CCCC4)C3)o2)c(Cl)c1. The number of nitrogens with zero attached hydrogens (tertiary/aromatic N) is 4. The van der Waals surface area contributed by atoms with Crippen molar-refractivity contribution in [3.05, 3.63) is 34.1 Å². The van der Waals surface area contributed by atoms with Gasteiger partial charge in [0.05, 0.1) is 17.1 Å². The van der Waals surface area contributed by atoms with Gasteiger partial charge in [-0.15, -0.1) is 10.2 Å². The molecule has 5 nitrogen and oxygen atoms in total. The highest BCUT2D eigenvalue weighted by molar-refractivity contribution is 6.36. The molecule has 0 aliphatic carbocycles. The average molecular weight is 381 g/mol. The molecule has 0 spiro atoms. The van der Waals surface area contributed by atoms with Crippen LogP contribution in [0.2, 0.25) is 10.0 Å². The van der Waals surface area contributed by atoms with Crippen molar-refractivity contribution in [3.8, 4) is 11.5 Å². The molecule has 1 aromatic carbocycles. The van der Waals surface area contributed by atoms with E-state index in [9.17, 15) is 0 Å². The summed E-state index contributed by atoms with van der Waals surface area (Å²) in [6.45, 7) is 5.36. The van der Waals surface area contributed by atoms with Gasteiger partial charge in [-0.1, -0.05) is 23.2 Å². The van der Waals surface area contributed by atoms with Crippen LogP contribution >= 0.6 is 23.2 Å². The van der Waals surface area contributed by atoms with Gasteiger partial charge in [-0.3, -0.25) is 9.80 Å². The first-order chi connectivity index (χ1) is 12.2. The Morgan fingerprint density at radius 2 is 1.92 bits per heavy atom. The standard InChI is InChI=1S/C18H22Cl2N4O/c19-13-5-6-15(16(20)10-13)18-22-21-17(25-18)12-23-7-3-4-14(11-23)24-8-1-2-9-24/h5-6,10,14H,1-4,7-9,11-12H2. The number of likely N-dealkylation sites (tertiary alicyclic amines) is 2. The fraction of sp³-hybridized carbons (Fsp3) is 0.556. The highest BCUT2D eigenvalue weighted by Crippen LogP contribution is 2.30. The lowest BCUT2D eigenvalue weighted by molar-refractivity contribution is 0.104. The van der Waals surface area contributed by atoms with Crippen molar-refractivity contribution in [2.45, 2.75) is 38.3 Å². The summed E-state index contributed by atoms with van der Waals surface area (Å²) in [4.78, 5) is 5.06. The third kappa shape index (κ3) is 4.00. The van der Waals surface area contributed by atoms with Gasteiger partial charge in [-0.2, -0.15) is 0 Å². The highest BCUT2D eigenvalue weighted by atomic mass is 35.5. The minimum absolute atomic E-state index is 0.449. The molecule has 1 atom stereocenters. The van der Waals surface area contributed by atoms with Crippen LogP contribution < -0.4 is 0 Å². The lowest BCUT2D eigenvalue weighted by Gasteiger charge is -2.36. The Balaban J connectivity index is 1.42. The van der Waals surface area contributed by atoms with Crippen molar-refractivity contribution in [3.63, 3.8) is 0 Å². The van der Waals surface area contributed by atoms with Gasteiger partial charge in [0.25, 0.3) is 0 Å². The molecule has 2 saturated heterocycles. The van der Waals surface area contributed by atoms with Crippen LogP contribution in [0.4, 0.5) is 0 Å². The quantitative estimate of drug-likeness (QED) is 0.798. The van der Waals surface area contributed by atoms with Crippen LogP contribution in [0.1, 0.15) is 31.6 Å². The molecular weight excluding hydrogens is 359 g/mol. The van der Waals surface area contributed by atoms with Gasteiger partial charge in [0.2, 0.25) is 11.8 Å². The first kappa shape index (κ1) is 17.3. The molecule has 1 aromatic heterocycles. The van der Waals surface area contributed by atoms with E-state index in [0.717, 1.165) is 18.7 Å². The second kappa shape index (κ2) is 7.62. The number of rotatable bonds is 4. The zero-order valence-corrected chi connectivity index (χ0v) is 15.6. The molecule has 0 amide bonds. The maximum atomic E-state index is 6.23. The van der Waals surface area contributed by atoms with Crippen LogP contribution in [0.25, 0.3) is 11.5 Å². The van der Waals surface area contributed by atoms with Crippen molar-refractivity contribution in [2.75, 3.05) is 26.2 Å². The van der Waals surface area contributed by atoms with Gasteiger partial charge < -0.3 is 4.42 Å². The Hall–Kier alpha value is -1.14. The monoisotopic (exact) mass is 380 g/mol. The van der Waals surface area contributed by atoms with E-state index in [1.165, 1.54) is 38.8 Å². The molecule has 0 saturated carbocycles. The Labute approximate surface area is 157 Å². The van der Waals surface area contributed by atoms with Crippen LogP contribution in [0.5, 0.6) is 0 Å². The van der Waals surface area contributed by atoms with E-state index in [2.05, 4.69) is 20.0 Å². The molecule has 1 unspecified atom stereocenters. The largest absolute Gasteiger partial charge is 0.419 e. The maximum absolute atomic E-state index is 6.23. The van der Waals surface area contributed by atoms with E-state index in [0.29, 0.717) is 34.4 Å². The summed E-state index contributed by atoms with van der Waals surface area (Å²) >= 11 is 12.2. The predicted octanol–water partition coefficient (Wildman–Crippen LogP) is 4.10. The molecule has 0 radical (unpaired) electrons. The number of halogens is 2. The van der Waals surface area contributed by atoms with E-state index < -0.39 is 0 Å². The fourth-order valence-electron chi connectivity index (χ4n) is 3.86. The Bertz CT molecular complexity index is 730. The van der Waals surface area contributed by atoms with Crippen molar-refractivity contribution >= 4 is 23.2 Å². The maximum Gasteiger partial charge on any atom is 0.249 e. The van der Waals surface area contributed by atoms with Crippen LogP contribution in [0, 0.1) is 0 Å². The first-order valence-electron chi connectivity index (χ1n) is 8.93. The number of piperidine rings is 1. The zero-order chi connectivity index (χ0) is 17.2. The van der Waals surface area contributed by atoms with Crippen LogP contribution in [-0.4, -0.2) is 52.2 Å². The molecule has 2 aliphatic rings. The molecule has 2 aliphatic heterocycles. The molecule has 7 heteroatoms. The van der Waals surface area contributed by atoms with Crippen molar-refractivity contribution in [1.29, 1.82) is 0 Å². The predicted molar refractivity (Wildman–Crippen MR) is 98.9 cm³/mol. The van der Waals surface area contributed by atoms with Crippen molar-refractivity contribution in [2.24, 2.45) is 0 Å². The summed E-state index contributed by atoms with van der Waals surface area (Å²) in [5.41, 5.74) is 0.721. The van der Waals surface area contributed by atoms with Crippen molar-refractivity contribution in [1.82, 2.24) is 20.0 Å². The van der Waals surface area contributed by atoms with Gasteiger partial charge in [-0.25, -0.2) is 0 Å². The van der Waals surface area contributed by atoms with Crippen LogP contribution in [0.15, 0.2) is 22.6 Å². The summed E-state index contributed by atoms with van der Waals surface area (Å²) in [6, 6.07) is 5.95. The molecule has 4 rings (SSSR count). The van der Waals surface area contributed by atoms with E-state index in [1.807, 2.05) is 6.07 Å². The summed E-state index contributed by atoms with van der Waals surface area (Å²) in [5.74, 6) is 1.09. The third-order valence-corrected chi connectivity index (χ3v) is 5.67. The summed E-state index contributed by atoms with van der Waals surface area (Å²) in [7, 11) is 0. The summed E-state index contributed by atoms with van der Waals surface area (Å²) in [6.07, 6.45) is 5.20. The highest BCUT2D eigenvalue weighted by Gasteiger charge is 2.27. The number of hydrogen-bond donors (Lipinski definition) is 0. The van der Waals surface area contributed by atoms with E-state index in [-0.39, 0.29) is 0 Å². The molecular formula is C18H22Cl2N4O. The third-order valence-electron chi connectivity index (χ3n) is 5.12. The van der Waals surface area contributed by atoms with E-state index >= 15 is 0 Å². The number of hydrogen-bond acceptors (Lipinski definition) is 5. The first-order valence-corrected chi connectivity index (χ1v) is 9.69. The lowest BCUT2D eigenvalue weighted by Crippen LogP contribution is -2.46. The van der Waals surface area contributed by atoms with Crippen LogP contribution in [0.3, 0.4) is 0 Å². The van der Waals surface area contributed by atoms with Gasteiger partial charge >= 0.3 is 0 Å². The van der Waals surface area contributed by atoms with Gasteiger partial charge in [0.1, 0.15) is 0 Å². The van der Waals surface area contributed by atoms with Gasteiger partial charge in [0.15, 0.2) is 0 Å². The second-order valence-corrected chi connectivity index (χ2v) is 7.74. The van der Waals surface area contributed by atoms with Crippen molar-refractivity contribution < 1.29 is 4.42 Å². The van der Waals surface area contributed by atoms with Gasteiger partial charge in [0, 0.05) is 17.6 Å². The molecule has 0 N–H and O–H groups in total. The average Bonchev–Trinajstić information content (AvgIpc) is 3.27. The van der Waals surface area contributed by atoms with Gasteiger partial charge in [-0.05, 0) is 63.5 Å². The molecule has 2 aromatic rings. The molecule has 2 fully saturated rings. The molecule has 25 heavy (non-hydrogen) atoms. The molecule has 3 heterocycles. The number of benzene rings is 1. The molecule has 134 valence electrons. The Morgan fingerprint density at radius 3 is 2.72 bits per heavy atom. The topological polar surface area (TPSA) is 45.4 Å². The summed E-state index contributed by atoms with van der Waals surface area (Å²) < 4.78 is 5.85. The normalized spacial score (nSPS) is 22.6. The smallest absolute Gasteiger partial charge is 0.249 e. The Kier molecular flexibility index (Phi) is 5.27. The second-order valence-electron chi connectivity index (χ2n) is 6.90. The van der Waals surface area contributed by atoms with E-state index in [4.69, 9.17) is 27.6 Å². The minimum Gasteiger partial charge on any atom is -0.419 e.